The smallest absolute Gasteiger partial charge is 0.416 e. The van der Waals surface area contributed by atoms with Crippen molar-refractivity contribution in [3.05, 3.63) is 82.1 Å². The summed E-state index contributed by atoms with van der Waals surface area (Å²) >= 11 is 5.91. The van der Waals surface area contributed by atoms with E-state index < -0.39 is 30.2 Å². The maximum Gasteiger partial charge on any atom is 0.416 e. The zero-order valence-corrected chi connectivity index (χ0v) is 17.0. The fraction of sp³-hybridized carbons (Fsp3) is 0.182. The lowest BCUT2D eigenvalue weighted by Gasteiger charge is -2.20. The van der Waals surface area contributed by atoms with Gasteiger partial charge in [-0.05, 0) is 55.0 Å². The van der Waals surface area contributed by atoms with Gasteiger partial charge in [0.1, 0.15) is 18.1 Å². The molecule has 3 rings (SSSR count). The summed E-state index contributed by atoms with van der Waals surface area (Å²) in [6, 6.07) is 12.2. The van der Waals surface area contributed by atoms with Crippen molar-refractivity contribution in [3.63, 3.8) is 0 Å². The number of benzene rings is 2. The number of furan rings is 1. The van der Waals surface area contributed by atoms with Crippen LogP contribution in [0.3, 0.4) is 0 Å². The lowest BCUT2D eigenvalue weighted by molar-refractivity contribution is -0.138. The molecule has 2 aromatic carbocycles. The van der Waals surface area contributed by atoms with Crippen molar-refractivity contribution in [1.29, 1.82) is 0 Å². The quantitative estimate of drug-likeness (QED) is 0.525. The van der Waals surface area contributed by atoms with Crippen LogP contribution in [0.2, 0.25) is 5.02 Å². The Bertz CT molecular complexity index is 1120. The van der Waals surface area contributed by atoms with Crippen LogP contribution in [-0.4, -0.2) is 28.4 Å². The molecule has 0 atom stereocenters. The molecule has 0 bridgehead atoms. The van der Waals surface area contributed by atoms with Crippen LogP contribution in [0.15, 0.2) is 59.0 Å². The number of aliphatic carboxylic acids is 1. The number of carbonyl (C=O) groups excluding carboxylic acids is 1. The highest BCUT2D eigenvalue weighted by molar-refractivity contribution is 6.30. The molecule has 0 fully saturated rings. The molecule has 0 saturated carbocycles. The number of hydrogen-bond acceptors (Lipinski definition) is 3. The molecular formula is C22H17ClF3NO4. The van der Waals surface area contributed by atoms with E-state index in [0.717, 1.165) is 17.0 Å². The normalized spacial score (nSPS) is 11.4. The average molecular weight is 452 g/mol. The van der Waals surface area contributed by atoms with E-state index in [4.69, 9.17) is 16.0 Å². The lowest BCUT2D eigenvalue weighted by atomic mass is 10.1. The van der Waals surface area contributed by atoms with Crippen LogP contribution in [0.25, 0.3) is 11.3 Å². The van der Waals surface area contributed by atoms with Gasteiger partial charge in [0.15, 0.2) is 0 Å². The molecule has 1 heterocycles. The fourth-order valence-electron chi connectivity index (χ4n) is 3.06. The first kappa shape index (κ1) is 22.4. The van der Waals surface area contributed by atoms with E-state index in [1.54, 1.807) is 13.0 Å². The van der Waals surface area contributed by atoms with Gasteiger partial charge in [0, 0.05) is 16.1 Å². The maximum atomic E-state index is 13.0. The summed E-state index contributed by atoms with van der Waals surface area (Å²) in [6.45, 7) is 0.920. The Kier molecular flexibility index (Phi) is 6.40. The van der Waals surface area contributed by atoms with Crippen molar-refractivity contribution in [2.45, 2.75) is 19.6 Å². The highest BCUT2D eigenvalue weighted by atomic mass is 35.5. The molecular weight excluding hydrogens is 435 g/mol. The zero-order chi connectivity index (χ0) is 22.8. The SMILES string of the molecule is Cc1cc(Cl)ccc1C(=O)N(CC(=O)O)Cc1ccc(-c2cccc(C(F)(F)F)c2)o1. The number of nitrogens with zero attached hydrogens (tertiary/aromatic N) is 1. The first-order valence-corrected chi connectivity index (χ1v) is 9.46. The Morgan fingerprint density at radius 1 is 1.10 bits per heavy atom. The third-order valence-corrected chi connectivity index (χ3v) is 4.75. The summed E-state index contributed by atoms with van der Waals surface area (Å²) in [5.41, 5.74) is 0.266. The minimum Gasteiger partial charge on any atom is -0.480 e. The second-order valence-electron chi connectivity index (χ2n) is 6.86. The van der Waals surface area contributed by atoms with E-state index in [0.29, 0.717) is 10.6 Å². The molecule has 1 N–H and O–H groups in total. The molecule has 9 heteroatoms. The number of carbonyl (C=O) groups is 2. The predicted molar refractivity (Wildman–Crippen MR) is 108 cm³/mol. The number of carboxylic acids is 1. The molecule has 1 amide bonds. The van der Waals surface area contributed by atoms with Gasteiger partial charge in [-0.1, -0.05) is 23.7 Å². The third kappa shape index (κ3) is 5.46. The van der Waals surface area contributed by atoms with Crippen molar-refractivity contribution < 1.29 is 32.3 Å². The van der Waals surface area contributed by atoms with Gasteiger partial charge < -0.3 is 14.4 Å². The highest BCUT2D eigenvalue weighted by Gasteiger charge is 2.30. The minimum atomic E-state index is -4.49. The van der Waals surface area contributed by atoms with Gasteiger partial charge in [-0.25, -0.2) is 0 Å². The lowest BCUT2D eigenvalue weighted by Crippen LogP contribution is -2.35. The van der Waals surface area contributed by atoms with E-state index in [2.05, 4.69) is 0 Å². The van der Waals surface area contributed by atoms with Crippen molar-refractivity contribution in [2.24, 2.45) is 0 Å². The standard InChI is InChI=1S/C22H17ClF3NO4/c1-13-9-16(23)5-7-18(13)21(30)27(12-20(28)29)11-17-6-8-19(31-17)14-3-2-4-15(10-14)22(24,25)26/h2-10H,11-12H2,1H3,(H,28,29). The Morgan fingerprint density at radius 2 is 1.84 bits per heavy atom. The largest absolute Gasteiger partial charge is 0.480 e. The van der Waals surface area contributed by atoms with Crippen LogP contribution in [-0.2, 0) is 17.5 Å². The molecule has 1 aromatic heterocycles. The third-order valence-electron chi connectivity index (χ3n) is 4.51. The van der Waals surface area contributed by atoms with Crippen molar-refractivity contribution in [3.8, 4) is 11.3 Å². The molecule has 0 aliphatic carbocycles. The second-order valence-corrected chi connectivity index (χ2v) is 7.30. The molecule has 162 valence electrons. The van der Waals surface area contributed by atoms with E-state index in [1.807, 2.05) is 0 Å². The summed E-state index contributed by atoms with van der Waals surface area (Å²) in [5.74, 6) is -1.35. The molecule has 0 unspecified atom stereocenters. The molecule has 0 spiro atoms. The van der Waals surface area contributed by atoms with Crippen LogP contribution in [0, 0.1) is 6.92 Å². The number of halogens is 4. The molecule has 0 saturated heterocycles. The molecule has 0 radical (unpaired) electrons. The van der Waals surface area contributed by atoms with Gasteiger partial charge in [0.25, 0.3) is 5.91 Å². The second kappa shape index (κ2) is 8.85. The first-order valence-electron chi connectivity index (χ1n) is 9.08. The number of alkyl halides is 3. The van der Waals surface area contributed by atoms with E-state index in [9.17, 15) is 27.9 Å². The first-order chi connectivity index (χ1) is 14.5. The van der Waals surface area contributed by atoms with Crippen LogP contribution >= 0.6 is 11.6 Å². The fourth-order valence-corrected chi connectivity index (χ4v) is 3.28. The number of aryl methyl sites for hydroxylation is 1. The molecule has 0 aliphatic heterocycles. The van der Waals surface area contributed by atoms with Gasteiger partial charge in [-0.3, -0.25) is 9.59 Å². The van der Waals surface area contributed by atoms with E-state index in [-0.39, 0.29) is 29.2 Å². The van der Waals surface area contributed by atoms with E-state index >= 15 is 0 Å². The summed E-state index contributed by atoms with van der Waals surface area (Å²) < 4.78 is 44.5. The number of carboxylic acid groups (broad SMARTS) is 1. The predicted octanol–water partition coefficient (Wildman–Crippen LogP) is 5.65. The monoisotopic (exact) mass is 451 g/mol. The zero-order valence-electron chi connectivity index (χ0n) is 16.2. The topological polar surface area (TPSA) is 70.8 Å². The van der Waals surface area contributed by atoms with Gasteiger partial charge in [0.05, 0.1) is 12.1 Å². The Balaban J connectivity index is 1.86. The Morgan fingerprint density at radius 3 is 2.48 bits per heavy atom. The van der Waals surface area contributed by atoms with Gasteiger partial charge >= 0.3 is 12.1 Å². The minimum absolute atomic E-state index is 0.173. The van der Waals surface area contributed by atoms with E-state index in [1.165, 1.54) is 36.4 Å². The number of rotatable bonds is 6. The van der Waals surface area contributed by atoms with Crippen molar-refractivity contribution in [2.75, 3.05) is 6.54 Å². The van der Waals surface area contributed by atoms with Crippen LogP contribution < -0.4 is 0 Å². The summed E-state index contributed by atoms with van der Waals surface area (Å²) in [5, 5.41) is 9.65. The van der Waals surface area contributed by atoms with Gasteiger partial charge in [-0.2, -0.15) is 13.2 Å². The summed E-state index contributed by atoms with van der Waals surface area (Å²) in [4.78, 5) is 25.3. The van der Waals surface area contributed by atoms with Crippen LogP contribution in [0.4, 0.5) is 13.2 Å². The van der Waals surface area contributed by atoms with Gasteiger partial charge in [-0.15, -0.1) is 0 Å². The summed E-state index contributed by atoms with van der Waals surface area (Å²) in [7, 11) is 0. The molecule has 5 nitrogen and oxygen atoms in total. The maximum absolute atomic E-state index is 13.0. The van der Waals surface area contributed by atoms with Crippen molar-refractivity contribution >= 4 is 23.5 Å². The van der Waals surface area contributed by atoms with Crippen LogP contribution in [0.1, 0.15) is 27.2 Å². The highest BCUT2D eigenvalue weighted by Crippen LogP contribution is 2.33. The number of hydrogen-bond donors (Lipinski definition) is 1. The number of amides is 1. The van der Waals surface area contributed by atoms with Crippen LogP contribution in [0.5, 0.6) is 0 Å². The Labute approximate surface area is 180 Å². The molecule has 3 aromatic rings. The summed E-state index contributed by atoms with van der Waals surface area (Å²) in [6.07, 6.45) is -4.49. The van der Waals surface area contributed by atoms with Crippen molar-refractivity contribution in [1.82, 2.24) is 4.90 Å². The average Bonchev–Trinajstić information content (AvgIpc) is 3.15. The molecule has 31 heavy (non-hydrogen) atoms. The Hall–Kier alpha value is -3.26. The molecule has 0 aliphatic rings. The van der Waals surface area contributed by atoms with Gasteiger partial charge in [0.2, 0.25) is 0 Å².